The molecular weight excluding hydrogens is 254 g/mol. The molecule has 1 aliphatic heterocycles. The second-order valence-electron chi connectivity index (χ2n) is 6.13. The van der Waals surface area contributed by atoms with Crippen LogP contribution < -0.4 is 10.6 Å². The van der Waals surface area contributed by atoms with Crippen LogP contribution in [0.25, 0.3) is 0 Å². The number of alkyl halides is 2. The summed E-state index contributed by atoms with van der Waals surface area (Å²) in [6.45, 7) is 1.84. The molecule has 2 fully saturated rings. The summed E-state index contributed by atoms with van der Waals surface area (Å²) in [6, 6.07) is -0.820. The molecule has 3 N–H and O–H groups in total. The third kappa shape index (κ3) is 3.42. The zero-order chi connectivity index (χ0) is 14.1. The number of carbonyl (C=O) groups excluding carboxylic acids is 1. The van der Waals surface area contributed by atoms with Crippen LogP contribution in [-0.2, 0) is 4.79 Å². The summed E-state index contributed by atoms with van der Waals surface area (Å²) in [5, 5.41) is 15.2. The van der Waals surface area contributed by atoms with E-state index in [4.69, 9.17) is 0 Å². The molecule has 1 amide bonds. The number of aliphatic hydroxyl groups is 1. The monoisotopic (exact) mass is 276 g/mol. The van der Waals surface area contributed by atoms with Gasteiger partial charge in [-0.25, -0.2) is 8.78 Å². The van der Waals surface area contributed by atoms with E-state index < -0.39 is 36.9 Å². The molecule has 2 rings (SSSR count). The van der Waals surface area contributed by atoms with Gasteiger partial charge < -0.3 is 10.4 Å². The number of hydrogen-bond donors (Lipinski definition) is 3. The first-order chi connectivity index (χ1) is 8.82. The molecule has 3 unspecified atom stereocenters. The van der Waals surface area contributed by atoms with Crippen molar-refractivity contribution in [3.8, 4) is 0 Å². The number of hydrogen-bond acceptors (Lipinski definition) is 3. The lowest BCUT2D eigenvalue weighted by Crippen LogP contribution is -2.49. The normalized spacial score (nSPS) is 38.1. The molecule has 3 atom stereocenters. The Kier molecular flexibility index (Phi) is 4.11. The third-order valence-corrected chi connectivity index (χ3v) is 4.37. The number of nitrogens with one attached hydrogen (secondary N) is 2. The maximum atomic E-state index is 13.0. The fraction of sp³-hybridized carbons (Fsp3) is 0.923. The Morgan fingerprint density at radius 2 is 2.21 bits per heavy atom. The maximum absolute atomic E-state index is 13.0. The topological polar surface area (TPSA) is 61.4 Å². The first-order valence-corrected chi connectivity index (χ1v) is 6.89. The van der Waals surface area contributed by atoms with Crippen LogP contribution in [0.15, 0.2) is 0 Å². The Hall–Kier alpha value is -0.750. The standard InChI is InChI=1S/C13H22F2N2O2/c1-12(5-3-2-4-10(12)18)7-17-11(19)9-6-13(14,15)8-16-9/h9-10,16,18H,2-8H2,1H3,(H,17,19). The fourth-order valence-corrected chi connectivity index (χ4v) is 2.90. The first kappa shape index (κ1) is 14.7. The molecule has 0 aromatic heterocycles. The SMILES string of the molecule is CC1(CNC(=O)C2CC(F)(F)CN2)CCCCC1O. The van der Waals surface area contributed by atoms with Gasteiger partial charge in [-0.3, -0.25) is 10.1 Å². The van der Waals surface area contributed by atoms with Gasteiger partial charge in [0.25, 0.3) is 5.92 Å². The van der Waals surface area contributed by atoms with E-state index in [1.54, 1.807) is 0 Å². The van der Waals surface area contributed by atoms with Gasteiger partial charge in [-0.15, -0.1) is 0 Å². The second-order valence-corrected chi connectivity index (χ2v) is 6.13. The van der Waals surface area contributed by atoms with Crippen molar-refractivity contribution in [2.45, 2.75) is 57.1 Å². The van der Waals surface area contributed by atoms with Crippen LogP contribution in [0.4, 0.5) is 8.78 Å². The minimum Gasteiger partial charge on any atom is -0.392 e. The predicted molar refractivity (Wildman–Crippen MR) is 66.9 cm³/mol. The summed E-state index contributed by atoms with van der Waals surface area (Å²) in [5.41, 5.74) is -0.338. The van der Waals surface area contributed by atoms with Crippen molar-refractivity contribution in [1.82, 2.24) is 10.6 Å². The highest BCUT2D eigenvalue weighted by Gasteiger charge is 2.43. The van der Waals surface area contributed by atoms with Crippen molar-refractivity contribution >= 4 is 5.91 Å². The van der Waals surface area contributed by atoms with Gasteiger partial charge in [-0.05, 0) is 12.8 Å². The fourth-order valence-electron chi connectivity index (χ4n) is 2.90. The molecule has 0 radical (unpaired) electrons. The Balaban J connectivity index is 1.83. The summed E-state index contributed by atoms with van der Waals surface area (Å²) < 4.78 is 26.0. The number of aliphatic hydroxyl groups excluding tert-OH is 1. The van der Waals surface area contributed by atoms with Gasteiger partial charge in [-0.2, -0.15) is 0 Å². The quantitative estimate of drug-likeness (QED) is 0.722. The van der Waals surface area contributed by atoms with Gasteiger partial charge in [0.1, 0.15) is 0 Å². The lowest BCUT2D eigenvalue weighted by atomic mass is 9.73. The number of halogens is 2. The lowest BCUT2D eigenvalue weighted by molar-refractivity contribution is -0.124. The number of rotatable bonds is 3. The Labute approximate surface area is 111 Å². The van der Waals surface area contributed by atoms with E-state index in [2.05, 4.69) is 10.6 Å². The average Bonchev–Trinajstić information content (AvgIpc) is 2.71. The smallest absolute Gasteiger partial charge is 0.262 e. The van der Waals surface area contributed by atoms with Gasteiger partial charge in [-0.1, -0.05) is 19.8 Å². The highest BCUT2D eigenvalue weighted by atomic mass is 19.3. The zero-order valence-corrected chi connectivity index (χ0v) is 11.2. The van der Waals surface area contributed by atoms with E-state index in [0.717, 1.165) is 25.7 Å². The molecule has 2 aliphatic rings. The van der Waals surface area contributed by atoms with Gasteiger partial charge >= 0.3 is 0 Å². The van der Waals surface area contributed by atoms with E-state index in [1.165, 1.54) is 0 Å². The molecular formula is C13H22F2N2O2. The molecule has 0 aromatic rings. The van der Waals surface area contributed by atoms with Crippen LogP contribution in [0, 0.1) is 5.41 Å². The summed E-state index contributed by atoms with van der Waals surface area (Å²) in [5.74, 6) is -3.19. The third-order valence-electron chi connectivity index (χ3n) is 4.37. The van der Waals surface area contributed by atoms with E-state index in [0.29, 0.717) is 6.54 Å². The van der Waals surface area contributed by atoms with Gasteiger partial charge in [0.15, 0.2) is 0 Å². The summed E-state index contributed by atoms with van der Waals surface area (Å²) in [6.07, 6.45) is 2.75. The molecule has 1 saturated heterocycles. The molecule has 6 heteroatoms. The number of carbonyl (C=O) groups is 1. The van der Waals surface area contributed by atoms with Crippen LogP contribution in [-0.4, -0.2) is 42.2 Å². The van der Waals surface area contributed by atoms with E-state index in [9.17, 15) is 18.7 Å². The average molecular weight is 276 g/mol. The van der Waals surface area contributed by atoms with Crippen molar-refractivity contribution in [2.24, 2.45) is 5.41 Å². The molecule has 1 heterocycles. The van der Waals surface area contributed by atoms with Crippen LogP contribution >= 0.6 is 0 Å². The van der Waals surface area contributed by atoms with Crippen molar-refractivity contribution < 1.29 is 18.7 Å². The molecule has 4 nitrogen and oxygen atoms in total. The molecule has 0 aromatic carbocycles. The van der Waals surface area contributed by atoms with Crippen LogP contribution in [0.1, 0.15) is 39.0 Å². The molecule has 1 saturated carbocycles. The van der Waals surface area contributed by atoms with Gasteiger partial charge in [0, 0.05) is 18.4 Å². The van der Waals surface area contributed by atoms with E-state index >= 15 is 0 Å². The lowest BCUT2D eigenvalue weighted by Gasteiger charge is -2.38. The van der Waals surface area contributed by atoms with Crippen molar-refractivity contribution in [3.05, 3.63) is 0 Å². The van der Waals surface area contributed by atoms with Crippen molar-refractivity contribution in [2.75, 3.05) is 13.1 Å². The van der Waals surface area contributed by atoms with Crippen LogP contribution in [0.5, 0.6) is 0 Å². The largest absolute Gasteiger partial charge is 0.392 e. The Morgan fingerprint density at radius 3 is 2.79 bits per heavy atom. The Bertz CT molecular complexity index is 352. The molecule has 0 spiro atoms. The summed E-state index contributed by atoms with van der Waals surface area (Å²) in [4.78, 5) is 11.8. The summed E-state index contributed by atoms with van der Waals surface area (Å²) >= 11 is 0. The van der Waals surface area contributed by atoms with Crippen LogP contribution in [0.3, 0.4) is 0 Å². The van der Waals surface area contributed by atoms with Crippen molar-refractivity contribution in [1.29, 1.82) is 0 Å². The van der Waals surface area contributed by atoms with E-state index in [-0.39, 0.29) is 5.41 Å². The van der Waals surface area contributed by atoms with Crippen molar-refractivity contribution in [3.63, 3.8) is 0 Å². The predicted octanol–water partition coefficient (Wildman–Crippen LogP) is 1.04. The molecule has 19 heavy (non-hydrogen) atoms. The minimum absolute atomic E-state index is 0.338. The molecule has 0 bridgehead atoms. The maximum Gasteiger partial charge on any atom is 0.262 e. The Morgan fingerprint density at radius 1 is 1.47 bits per heavy atom. The molecule has 110 valence electrons. The van der Waals surface area contributed by atoms with Gasteiger partial charge in [0.05, 0.1) is 18.7 Å². The highest BCUT2D eigenvalue weighted by molar-refractivity contribution is 5.82. The van der Waals surface area contributed by atoms with E-state index in [1.807, 2.05) is 6.92 Å². The van der Waals surface area contributed by atoms with Gasteiger partial charge in [0.2, 0.25) is 5.91 Å². The minimum atomic E-state index is -2.80. The molecule has 1 aliphatic carbocycles. The first-order valence-electron chi connectivity index (χ1n) is 6.89. The second kappa shape index (κ2) is 5.32. The summed E-state index contributed by atoms with van der Waals surface area (Å²) in [7, 11) is 0. The highest BCUT2D eigenvalue weighted by Crippen LogP contribution is 2.35. The number of amides is 1. The van der Waals surface area contributed by atoms with Crippen LogP contribution in [0.2, 0.25) is 0 Å². The zero-order valence-electron chi connectivity index (χ0n) is 11.2.